The number of rotatable bonds is 7. The van der Waals surface area contributed by atoms with Crippen LogP contribution in [0.25, 0.3) is 0 Å². The van der Waals surface area contributed by atoms with Crippen LogP contribution in [-0.4, -0.2) is 81.9 Å². The Labute approximate surface area is 202 Å². The van der Waals surface area contributed by atoms with Gasteiger partial charge in [0.05, 0.1) is 23.9 Å². The molecule has 1 saturated heterocycles. The largest absolute Gasteiger partial charge is 0.504 e. The third kappa shape index (κ3) is 3.46. The Balaban J connectivity index is 1.34. The number of nitrogens with zero attached hydrogens (tertiary/aromatic N) is 1. The van der Waals surface area contributed by atoms with Crippen molar-refractivity contribution in [3.8, 4) is 11.5 Å². The van der Waals surface area contributed by atoms with E-state index in [1.807, 2.05) is 13.1 Å². The third-order valence-corrected chi connectivity index (χ3v) is 8.08. The number of Topliss-reactive ketones (excluding diaryl/α,β-unsaturated/α-hetero) is 1. The Hall–Kier alpha value is -2.95. The summed E-state index contributed by atoms with van der Waals surface area (Å²) in [4.78, 5) is 37.7. The van der Waals surface area contributed by atoms with Crippen LogP contribution in [0.5, 0.6) is 11.5 Å². The monoisotopic (exact) mass is 486 g/mol. The molecular formula is C25H30N2O8. The SMILES string of the molecule is CC(=O)[C@@H](O)CC(=O)NCCC(=O)OC1=CC[C@@]2(O)[C@H]3Cc4ccc(O)c5c4[C@@]2(CCN3C)[C@H]1O5. The molecule has 2 bridgehead atoms. The van der Waals surface area contributed by atoms with Crippen LogP contribution in [0.2, 0.25) is 0 Å². The number of hydrogen-bond donors (Lipinski definition) is 4. The summed E-state index contributed by atoms with van der Waals surface area (Å²) in [5, 5.41) is 34.6. The number of aliphatic hydroxyl groups is 2. The smallest absolute Gasteiger partial charge is 0.312 e. The summed E-state index contributed by atoms with van der Waals surface area (Å²) in [5.74, 6) is -1.01. The lowest BCUT2D eigenvalue weighted by atomic mass is 9.50. The quantitative estimate of drug-likeness (QED) is 0.393. The lowest BCUT2D eigenvalue weighted by Gasteiger charge is -2.61. The molecule has 2 aliphatic carbocycles. The van der Waals surface area contributed by atoms with Crippen molar-refractivity contribution in [2.45, 2.75) is 68.3 Å². The molecule has 10 nitrogen and oxygen atoms in total. The first kappa shape index (κ1) is 23.8. The van der Waals surface area contributed by atoms with Gasteiger partial charge in [-0.25, -0.2) is 0 Å². The van der Waals surface area contributed by atoms with Gasteiger partial charge in [-0.1, -0.05) is 6.07 Å². The number of ketones is 1. The van der Waals surface area contributed by atoms with Crippen molar-refractivity contribution in [1.82, 2.24) is 10.2 Å². The summed E-state index contributed by atoms with van der Waals surface area (Å²) in [6, 6.07) is 3.34. The number of piperidine rings is 1. The molecule has 0 unspecified atom stereocenters. The highest BCUT2D eigenvalue weighted by Crippen LogP contribution is 2.65. The number of esters is 1. The molecule has 1 aromatic rings. The molecule has 2 aliphatic heterocycles. The van der Waals surface area contributed by atoms with Gasteiger partial charge in [-0.15, -0.1) is 0 Å². The fourth-order valence-electron chi connectivity index (χ4n) is 6.32. The predicted molar refractivity (Wildman–Crippen MR) is 122 cm³/mol. The van der Waals surface area contributed by atoms with E-state index in [4.69, 9.17) is 9.47 Å². The van der Waals surface area contributed by atoms with Crippen LogP contribution < -0.4 is 10.1 Å². The molecule has 1 amide bonds. The molecule has 35 heavy (non-hydrogen) atoms. The number of carbonyl (C=O) groups excluding carboxylic acids is 3. The van der Waals surface area contributed by atoms with Crippen LogP contribution in [0.3, 0.4) is 0 Å². The fourth-order valence-corrected chi connectivity index (χ4v) is 6.32. The summed E-state index contributed by atoms with van der Waals surface area (Å²) >= 11 is 0. The van der Waals surface area contributed by atoms with Gasteiger partial charge >= 0.3 is 5.97 Å². The molecule has 0 saturated carbocycles. The maximum Gasteiger partial charge on any atom is 0.312 e. The summed E-state index contributed by atoms with van der Waals surface area (Å²) in [7, 11) is 2.00. The van der Waals surface area contributed by atoms with E-state index < -0.39 is 40.9 Å². The molecule has 1 aromatic carbocycles. The normalized spacial score (nSPS) is 31.0. The second-order valence-corrected chi connectivity index (χ2v) is 10.0. The number of amides is 1. The zero-order chi connectivity index (χ0) is 25.1. The Morgan fingerprint density at radius 2 is 2.11 bits per heavy atom. The van der Waals surface area contributed by atoms with Crippen LogP contribution in [0.1, 0.15) is 43.7 Å². The van der Waals surface area contributed by atoms with Gasteiger partial charge in [-0.3, -0.25) is 14.4 Å². The van der Waals surface area contributed by atoms with Gasteiger partial charge in [-0.05, 0) is 51.1 Å². The lowest BCUT2D eigenvalue weighted by molar-refractivity contribution is -0.169. The van der Waals surface area contributed by atoms with Gasteiger partial charge < -0.3 is 35.0 Å². The number of carbonyl (C=O) groups is 3. The molecule has 5 atom stereocenters. The Morgan fingerprint density at radius 3 is 2.86 bits per heavy atom. The second-order valence-electron chi connectivity index (χ2n) is 10.0. The molecule has 5 rings (SSSR count). The number of phenolic OH excluding ortho intramolecular Hbond substituents is 1. The number of nitrogens with one attached hydrogen (secondary N) is 1. The average Bonchev–Trinajstić information content (AvgIpc) is 3.15. The van der Waals surface area contributed by atoms with Crippen molar-refractivity contribution >= 4 is 17.7 Å². The molecule has 0 aromatic heterocycles. The van der Waals surface area contributed by atoms with Crippen molar-refractivity contribution < 1.29 is 39.2 Å². The number of benzene rings is 1. The number of hydrogen-bond acceptors (Lipinski definition) is 9. The van der Waals surface area contributed by atoms with Gasteiger partial charge in [0.2, 0.25) is 5.91 Å². The molecule has 4 aliphatic rings. The number of likely N-dealkylation sites (tertiary alicyclic amines) is 1. The standard InChI is InChI=1S/C25H30N2O8/c1-13(28)16(30)12-19(31)26-9-6-20(32)34-17-5-7-25(33)18-11-14-3-4-15(29)22-21(14)24(25,23(17)35-22)8-10-27(18)2/h3-5,16,18,23,29-30,33H,6-12H2,1-2H3,(H,26,31)/t16-,18+,23-,24-,25+/m0/s1. The van der Waals surface area contributed by atoms with Crippen LogP contribution in [0.15, 0.2) is 24.0 Å². The zero-order valence-electron chi connectivity index (χ0n) is 19.7. The van der Waals surface area contributed by atoms with Gasteiger partial charge in [-0.2, -0.15) is 0 Å². The van der Waals surface area contributed by atoms with E-state index in [2.05, 4.69) is 10.2 Å². The van der Waals surface area contributed by atoms with Crippen molar-refractivity contribution in [2.24, 2.45) is 0 Å². The summed E-state index contributed by atoms with van der Waals surface area (Å²) in [6.07, 6.45) is 0.557. The summed E-state index contributed by atoms with van der Waals surface area (Å²) in [5.41, 5.74) is -0.150. The van der Waals surface area contributed by atoms with E-state index in [1.54, 1.807) is 12.1 Å². The molecule has 10 heteroatoms. The molecule has 1 fully saturated rings. The van der Waals surface area contributed by atoms with Crippen LogP contribution in [0.4, 0.5) is 0 Å². The number of phenols is 1. The minimum absolute atomic E-state index is 0.00612. The maximum absolute atomic E-state index is 12.6. The highest BCUT2D eigenvalue weighted by Gasteiger charge is 2.72. The van der Waals surface area contributed by atoms with Crippen LogP contribution in [-0.2, 0) is 31.0 Å². The summed E-state index contributed by atoms with van der Waals surface area (Å²) in [6.45, 7) is 1.90. The Kier molecular flexibility index (Phi) is 5.65. The van der Waals surface area contributed by atoms with Gasteiger partial charge in [0.25, 0.3) is 0 Å². The number of aromatic hydroxyl groups is 1. The van der Waals surface area contributed by atoms with Gasteiger partial charge in [0.15, 0.2) is 23.4 Å². The fraction of sp³-hybridized carbons (Fsp3) is 0.560. The maximum atomic E-state index is 12.6. The summed E-state index contributed by atoms with van der Waals surface area (Å²) < 4.78 is 11.9. The van der Waals surface area contributed by atoms with E-state index in [-0.39, 0.29) is 37.6 Å². The van der Waals surface area contributed by atoms with Gasteiger partial charge in [0.1, 0.15) is 11.9 Å². The topological polar surface area (TPSA) is 146 Å². The van der Waals surface area contributed by atoms with Crippen LogP contribution in [0, 0.1) is 0 Å². The van der Waals surface area contributed by atoms with E-state index in [9.17, 15) is 29.7 Å². The van der Waals surface area contributed by atoms with E-state index in [1.165, 1.54) is 6.92 Å². The average molecular weight is 487 g/mol. The number of aliphatic hydroxyl groups excluding tert-OH is 1. The third-order valence-electron chi connectivity index (χ3n) is 8.08. The van der Waals surface area contributed by atoms with E-state index in [0.717, 1.165) is 17.7 Å². The first-order chi connectivity index (χ1) is 16.6. The number of likely N-dealkylation sites (N-methyl/N-ethyl adjacent to an activating group) is 1. The minimum atomic E-state index is -1.37. The zero-order valence-corrected chi connectivity index (χ0v) is 19.7. The minimum Gasteiger partial charge on any atom is -0.504 e. The Bertz CT molecular complexity index is 1130. The highest BCUT2D eigenvalue weighted by atomic mass is 16.6. The molecule has 4 N–H and O–H groups in total. The van der Waals surface area contributed by atoms with Crippen molar-refractivity contribution in [2.75, 3.05) is 20.1 Å². The first-order valence-corrected chi connectivity index (χ1v) is 11.9. The molecule has 188 valence electrons. The number of ether oxygens (including phenoxy) is 2. The molecule has 1 spiro atoms. The van der Waals surface area contributed by atoms with Crippen molar-refractivity contribution in [3.63, 3.8) is 0 Å². The molecule has 0 radical (unpaired) electrons. The molecule has 2 heterocycles. The van der Waals surface area contributed by atoms with E-state index in [0.29, 0.717) is 24.4 Å². The first-order valence-electron chi connectivity index (χ1n) is 11.9. The van der Waals surface area contributed by atoms with E-state index >= 15 is 0 Å². The second kappa shape index (κ2) is 8.32. The van der Waals surface area contributed by atoms with Crippen LogP contribution >= 0.6 is 0 Å². The van der Waals surface area contributed by atoms with Crippen molar-refractivity contribution in [1.29, 1.82) is 0 Å². The highest BCUT2D eigenvalue weighted by molar-refractivity contribution is 5.87. The lowest BCUT2D eigenvalue weighted by Crippen LogP contribution is -2.74. The van der Waals surface area contributed by atoms with Gasteiger partial charge in [0, 0.05) is 24.6 Å². The van der Waals surface area contributed by atoms with Crippen molar-refractivity contribution in [3.05, 3.63) is 35.1 Å². The predicted octanol–water partition coefficient (Wildman–Crippen LogP) is 0.0594. The Morgan fingerprint density at radius 1 is 1.34 bits per heavy atom. The molecular weight excluding hydrogens is 456 g/mol.